The van der Waals surface area contributed by atoms with Gasteiger partial charge in [0, 0.05) is 11.6 Å². The molecule has 0 fully saturated rings. The van der Waals surface area contributed by atoms with Crippen LogP contribution in [0.5, 0.6) is 17.4 Å². The van der Waals surface area contributed by atoms with Crippen LogP contribution in [0, 0.1) is 5.82 Å². The summed E-state index contributed by atoms with van der Waals surface area (Å²) in [6.45, 7) is 0. The van der Waals surface area contributed by atoms with E-state index >= 15 is 0 Å². The van der Waals surface area contributed by atoms with Gasteiger partial charge in [0.2, 0.25) is 5.88 Å². The number of nitrogens with zero attached hydrogens (tertiary/aromatic N) is 4. The molecule has 0 bridgehead atoms. The highest BCUT2D eigenvalue weighted by Crippen LogP contribution is 2.23. The van der Waals surface area contributed by atoms with E-state index in [1.165, 1.54) is 24.3 Å². The molecule has 0 saturated heterocycles. The Balaban J connectivity index is 1.70. The first kappa shape index (κ1) is 15.1. The first-order valence-corrected chi connectivity index (χ1v) is 7.53. The second-order valence-corrected chi connectivity index (χ2v) is 5.25. The maximum Gasteiger partial charge on any atom is 0.237 e. The predicted octanol–water partition coefficient (Wildman–Crippen LogP) is 3.73. The fraction of sp³-hybridized carbons (Fsp3) is 0.0556. The number of aromatic nitrogens is 4. The van der Waals surface area contributed by atoms with Gasteiger partial charge in [-0.15, -0.1) is 15.3 Å². The minimum atomic E-state index is -0.323. The van der Waals surface area contributed by atoms with Gasteiger partial charge in [0.05, 0.1) is 7.11 Å². The summed E-state index contributed by atoms with van der Waals surface area (Å²) in [6.07, 6.45) is 0. The van der Waals surface area contributed by atoms with E-state index in [-0.39, 0.29) is 5.82 Å². The van der Waals surface area contributed by atoms with Gasteiger partial charge in [0.25, 0.3) is 0 Å². The van der Waals surface area contributed by atoms with Crippen molar-refractivity contribution in [3.63, 3.8) is 0 Å². The lowest BCUT2D eigenvalue weighted by atomic mass is 10.2. The van der Waals surface area contributed by atoms with Crippen molar-refractivity contribution in [1.29, 1.82) is 0 Å². The molecule has 0 radical (unpaired) electrons. The van der Waals surface area contributed by atoms with Gasteiger partial charge in [-0.2, -0.15) is 4.52 Å². The molecule has 25 heavy (non-hydrogen) atoms. The number of halogens is 1. The maximum atomic E-state index is 13.0. The smallest absolute Gasteiger partial charge is 0.237 e. The zero-order valence-corrected chi connectivity index (χ0v) is 13.3. The molecule has 6 nitrogen and oxygen atoms in total. The number of hydrogen-bond donors (Lipinski definition) is 0. The van der Waals surface area contributed by atoms with Gasteiger partial charge in [-0.05, 0) is 54.6 Å². The highest BCUT2D eigenvalue weighted by Gasteiger charge is 2.11. The molecule has 0 N–H and O–H groups in total. The molecule has 0 saturated carbocycles. The van der Waals surface area contributed by atoms with Gasteiger partial charge in [-0.3, -0.25) is 0 Å². The summed E-state index contributed by atoms with van der Waals surface area (Å²) >= 11 is 0. The fourth-order valence-electron chi connectivity index (χ4n) is 2.37. The Bertz CT molecular complexity index is 1010. The predicted molar refractivity (Wildman–Crippen MR) is 89.2 cm³/mol. The Kier molecular flexibility index (Phi) is 3.74. The van der Waals surface area contributed by atoms with Gasteiger partial charge in [0.15, 0.2) is 11.5 Å². The van der Waals surface area contributed by atoms with Gasteiger partial charge in [-0.25, -0.2) is 4.39 Å². The largest absolute Gasteiger partial charge is 0.497 e. The van der Waals surface area contributed by atoms with Crippen LogP contribution in [0.1, 0.15) is 0 Å². The van der Waals surface area contributed by atoms with Crippen molar-refractivity contribution in [2.24, 2.45) is 0 Å². The molecule has 2 heterocycles. The Labute approximate surface area is 142 Å². The van der Waals surface area contributed by atoms with E-state index in [1.54, 1.807) is 23.8 Å². The van der Waals surface area contributed by atoms with Crippen LogP contribution >= 0.6 is 0 Å². The van der Waals surface area contributed by atoms with Crippen LogP contribution in [0.15, 0.2) is 60.7 Å². The number of rotatable bonds is 4. The lowest BCUT2D eigenvalue weighted by molar-refractivity contribution is 0.415. The van der Waals surface area contributed by atoms with Crippen molar-refractivity contribution in [3.05, 3.63) is 66.5 Å². The second-order valence-electron chi connectivity index (χ2n) is 5.25. The third kappa shape index (κ3) is 2.99. The topological polar surface area (TPSA) is 61.5 Å². The normalized spacial score (nSPS) is 10.8. The second kappa shape index (κ2) is 6.20. The number of methoxy groups -OCH3 is 1. The summed E-state index contributed by atoms with van der Waals surface area (Å²) in [6, 6.07) is 16.6. The average molecular weight is 336 g/mol. The molecule has 0 atom stereocenters. The van der Waals surface area contributed by atoms with Gasteiger partial charge >= 0.3 is 0 Å². The van der Waals surface area contributed by atoms with Crippen LogP contribution in [0.4, 0.5) is 4.39 Å². The lowest BCUT2D eigenvalue weighted by Crippen LogP contribution is -1.98. The molecule has 2 aromatic carbocycles. The molecule has 4 rings (SSSR count). The number of benzene rings is 2. The number of ether oxygens (including phenoxy) is 2. The van der Waals surface area contributed by atoms with Crippen molar-refractivity contribution in [3.8, 4) is 28.8 Å². The number of fused-ring (bicyclic) bond motifs is 1. The monoisotopic (exact) mass is 336 g/mol. The Hall–Kier alpha value is -3.48. The maximum absolute atomic E-state index is 13.0. The van der Waals surface area contributed by atoms with E-state index in [4.69, 9.17) is 9.47 Å². The Morgan fingerprint density at radius 3 is 2.28 bits per heavy atom. The van der Waals surface area contributed by atoms with Gasteiger partial charge < -0.3 is 9.47 Å². The minimum Gasteiger partial charge on any atom is -0.497 e. The lowest BCUT2D eigenvalue weighted by Gasteiger charge is -2.06. The summed E-state index contributed by atoms with van der Waals surface area (Å²) in [5, 5.41) is 12.7. The summed E-state index contributed by atoms with van der Waals surface area (Å²) in [7, 11) is 1.61. The van der Waals surface area contributed by atoms with E-state index in [0.29, 0.717) is 23.1 Å². The average Bonchev–Trinajstić information content (AvgIpc) is 3.07. The molecule has 0 spiro atoms. The molecule has 0 aliphatic rings. The molecule has 7 heteroatoms. The molecule has 2 aromatic heterocycles. The summed E-state index contributed by atoms with van der Waals surface area (Å²) < 4.78 is 25.4. The van der Waals surface area contributed by atoms with Crippen molar-refractivity contribution in [2.75, 3.05) is 7.11 Å². The molecule has 124 valence electrons. The van der Waals surface area contributed by atoms with Crippen LogP contribution in [0.25, 0.3) is 17.0 Å². The van der Waals surface area contributed by atoms with Crippen LogP contribution in [0.2, 0.25) is 0 Å². The Morgan fingerprint density at radius 2 is 1.56 bits per heavy atom. The van der Waals surface area contributed by atoms with Crippen molar-refractivity contribution < 1.29 is 13.9 Å². The summed E-state index contributed by atoms with van der Waals surface area (Å²) in [5.41, 5.74) is 1.44. The molecule has 0 aliphatic heterocycles. The van der Waals surface area contributed by atoms with Gasteiger partial charge in [-0.1, -0.05) is 0 Å². The van der Waals surface area contributed by atoms with Crippen LogP contribution in [-0.2, 0) is 0 Å². The van der Waals surface area contributed by atoms with Crippen LogP contribution in [-0.4, -0.2) is 26.9 Å². The zero-order chi connectivity index (χ0) is 17.2. The molecule has 4 aromatic rings. The van der Waals surface area contributed by atoms with Crippen molar-refractivity contribution in [2.45, 2.75) is 0 Å². The van der Waals surface area contributed by atoms with E-state index in [1.807, 2.05) is 24.3 Å². The van der Waals surface area contributed by atoms with Crippen molar-refractivity contribution >= 4 is 5.65 Å². The highest BCUT2D eigenvalue weighted by molar-refractivity contribution is 5.59. The standard InChI is InChI=1S/C18H13FN4O2/c1-24-14-6-2-12(3-7-14)18-21-20-16-10-11-17(22-23(16)18)25-15-8-4-13(19)5-9-15/h2-11H,1H3. The van der Waals surface area contributed by atoms with Crippen LogP contribution < -0.4 is 9.47 Å². The van der Waals surface area contributed by atoms with Gasteiger partial charge in [0.1, 0.15) is 17.3 Å². The molecule has 0 aliphatic carbocycles. The third-order valence-electron chi connectivity index (χ3n) is 3.62. The SMILES string of the molecule is COc1ccc(-c2nnc3ccc(Oc4ccc(F)cc4)nn23)cc1. The first-order valence-electron chi connectivity index (χ1n) is 7.53. The Morgan fingerprint density at radius 1 is 0.840 bits per heavy atom. The molecular formula is C18H13FN4O2. The summed E-state index contributed by atoms with van der Waals surface area (Å²) in [4.78, 5) is 0. The molecule has 0 amide bonds. The third-order valence-corrected chi connectivity index (χ3v) is 3.62. The highest BCUT2D eigenvalue weighted by atomic mass is 19.1. The zero-order valence-electron chi connectivity index (χ0n) is 13.3. The van der Waals surface area contributed by atoms with E-state index in [2.05, 4.69) is 15.3 Å². The van der Waals surface area contributed by atoms with Crippen LogP contribution in [0.3, 0.4) is 0 Å². The minimum absolute atomic E-state index is 0.323. The first-order chi connectivity index (χ1) is 12.2. The molecule has 0 unspecified atom stereocenters. The number of hydrogen-bond acceptors (Lipinski definition) is 5. The fourth-order valence-corrected chi connectivity index (χ4v) is 2.37. The quantitative estimate of drug-likeness (QED) is 0.568. The summed E-state index contributed by atoms with van der Waals surface area (Å²) in [5.74, 6) is 1.87. The van der Waals surface area contributed by atoms with E-state index < -0.39 is 0 Å². The van der Waals surface area contributed by atoms with E-state index in [0.717, 1.165) is 11.3 Å². The van der Waals surface area contributed by atoms with E-state index in [9.17, 15) is 4.39 Å². The van der Waals surface area contributed by atoms with Crippen molar-refractivity contribution in [1.82, 2.24) is 19.8 Å². The molecular weight excluding hydrogens is 323 g/mol.